The normalized spacial score (nSPS) is 10.8. The number of fused-ring (bicyclic) bond motifs is 1. The molecule has 0 amide bonds. The minimum atomic E-state index is 1.07. The molecule has 1 aromatic carbocycles. The van der Waals surface area contributed by atoms with Gasteiger partial charge in [0.05, 0.1) is 5.52 Å². The number of aromatic nitrogens is 1. The van der Waals surface area contributed by atoms with Gasteiger partial charge in [0.25, 0.3) is 0 Å². The Morgan fingerprint density at radius 2 is 2.12 bits per heavy atom. The number of hydrogen-bond acceptors (Lipinski definition) is 1. The van der Waals surface area contributed by atoms with Gasteiger partial charge in [-0.15, -0.1) is 0 Å². The van der Waals surface area contributed by atoms with Gasteiger partial charge in [-0.05, 0) is 36.6 Å². The molecule has 83 valence electrons. The van der Waals surface area contributed by atoms with Crippen LogP contribution in [-0.4, -0.2) is 4.98 Å². The number of rotatable bonds is 5. The van der Waals surface area contributed by atoms with E-state index in [1.54, 1.807) is 6.20 Å². The van der Waals surface area contributed by atoms with Crippen LogP contribution in [0.1, 0.15) is 38.2 Å². The van der Waals surface area contributed by atoms with Gasteiger partial charge >= 0.3 is 0 Å². The summed E-state index contributed by atoms with van der Waals surface area (Å²) in [5.74, 6) is 0. The van der Waals surface area contributed by atoms with E-state index in [2.05, 4.69) is 36.2 Å². The summed E-state index contributed by atoms with van der Waals surface area (Å²) >= 11 is 0. The maximum Gasteiger partial charge on any atom is 0.0702 e. The SMILES string of the molecule is CCCCCCc1ccc2nc[c]cc2c1. The quantitative estimate of drug-likeness (QED) is 0.678. The topological polar surface area (TPSA) is 12.9 Å². The molecule has 0 saturated heterocycles. The van der Waals surface area contributed by atoms with Crippen molar-refractivity contribution in [2.45, 2.75) is 39.0 Å². The van der Waals surface area contributed by atoms with Gasteiger partial charge in [-0.25, -0.2) is 0 Å². The number of unbranched alkanes of at least 4 members (excludes halogenated alkanes) is 3. The molecule has 16 heavy (non-hydrogen) atoms. The molecule has 1 heterocycles. The van der Waals surface area contributed by atoms with Crippen LogP contribution in [0.4, 0.5) is 0 Å². The number of hydrogen-bond donors (Lipinski definition) is 0. The molecule has 0 fully saturated rings. The van der Waals surface area contributed by atoms with Crippen molar-refractivity contribution in [3.05, 3.63) is 42.1 Å². The molecule has 2 aromatic rings. The van der Waals surface area contributed by atoms with Crippen molar-refractivity contribution in [2.75, 3.05) is 0 Å². The van der Waals surface area contributed by atoms with Crippen LogP contribution < -0.4 is 0 Å². The molecule has 0 aliphatic rings. The third-order valence-corrected chi connectivity index (χ3v) is 2.93. The van der Waals surface area contributed by atoms with Crippen molar-refractivity contribution >= 4 is 10.9 Å². The number of pyridine rings is 1. The average Bonchev–Trinajstić information content (AvgIpc) is 2.34. The van der Waals surface area contributed by atoms with E-state index < -0.39 is 0 Å². The van der Waals surface area contributed by atoms with E-state index in [0.717, 1.165) is 5.52 Å². The van der Waals surface area contributed by atoms with E-state index in [9.17, 15) is 0 Å². The number of nitrogens with zero attached hydrogens (tertiary/aromatic N) is 1. The fraction of sp³-hybridized carbons (Fsp3) is 0.400. The van der Waals surface area contributed by atoms with Gasteiger partial charge in [0.15, 0.2) is 0 Å². The minimum Gasteiger partial charge on any atom is -0.256 e. The molecule has 1 heteroatoms. The Morgan fingerprint density at radius 3 is 3.00 bits per heavy atom. The molecule has 0 saturated carbocycles. The summed E-state index contributed by atoms with van der Waals surface area (Å²) < 4.78 is 0. The van der Waals surface area contributed by atoms with Crippen LogP contribution >= 0.6 is 0 Å². The Kier molecular flexibility index (Phi) is 3.92. The van der Waals surface area contributed by atoms with Crippen LogP contribution in [0.2, 0.25) is 0 Å². The van der Waals surface area contributed by atoms with Crippen molar-refractivity contribution < 1.29 is 0 Å². The van der Waals surface area contributed by atoms with Crippen LogP contribution in [0.15, 0.2) is 30.5 Å². The first-order valence-electron chi connectivity index (χ1n) is 6.15. The molecule has 0 spiro atoms. The highest BCUT2D eigenvalue weighted by molar-refractivity contribution is 5.78. The first-order chi connectivity index (χ1) is 7.90. The third kappa shape index (κ3) is 2.82. The molecule has 0 aliphatic heterocycles. The monoisotopic (exact) mass is 212 g/mol. The summed E-state index contributed by atoms with van der Waals surface area (Å²) in [6.45, 7) is 2.25. The summed E-state index contributed by atoms with van der Waals surface area (Å²) in [7, 11) is 0. The smallest absolute Gasteiger partial charge is 0.0702 e. The van der Waals surface area contributed by atoms with Gasteiger partial charge in [0, 0.05) is 17.6 Å². The van der Waals surface area contributed by atoms with E-state index in [-0.39, 0.29) is 0 Å². The summed E-state index contributed by atoms with van der Waals surface area (Å²) in [4.78, 5) is 4.28. The van der Waals surface area contributed by atoms with Crippen molar-refractivity contribution in [2.24, 2.45) is 0 Å². The summed E-state index contributed by atoms with van der Waals surface area (Å²) in [6.07, 6.45) is 8.20. The first-order valence-corrected chi connectivity index (χ1v) is 6.15. The molecule has 1 radical (unpaired) electrons. The second-order valence-corrected chi connectivity index (χ2v) is 4.27. The number of benzene rings is 1. The van der Waals surface area contributed by atoms with Gasteiger partial charge in [-0.1, -0.05) is 32.3 Å². The van der Waals surface area contributed by atoms with Crippen molar-refractivity contribution in [3.8, 4) is 0 Å². The lowest BCUT2D eigenvalue weighted by Gasteiger charge is -2.03. The predicted octanol–water partition coefficient (Wildman–Crippen LogP) is 4.16. The maximum absolute atomic E-state index is 4.28. The third-order valence-electron chi connectivity index (χ3n) is 2.93. The lowest BCUT2D eigenvalue weighted by Crippen LogP contribution is -1.87. The van der Waals surface area contributed by atoms with Gasteiger partial charge in [0.2, 0.25) is 0 Å². The highest BCUT2D eigenvalue weighted by atomic mass is 14.6. The lowest BCUT2D eigenvalue weighted by atomic mass is 10.0. The zero-order chi connectivity index (χ0) is 11.2. The highest BCUT2D eigenvalue weighted by Crippen LogP contribution is 2.15. The van der Waals surface area contributed by atoms with Gasteiger partial charge in [-0.2, -0.15) is 0 Å². The fourth-order valence-corrected chi connectivity index (χ4v) is 1.98. The van der Waals surface area contributed by atoms with E-state index in [4.69, 9.17) is 0 Å². The van der Waals surface area contributed by atoms with Crippen LogP contribution in [0.3, 0.4) is 0 Å². The Morgan fingerprint density at radius 1 is 1.19 bits per heavy atom. The van der Waals surface area contributed by atoms with Crippen molar-refractivity contribution in [3.63, 3.8) is 0 Å². The molecular weight excluding hydrogens is 194 g/mol. The Hall–Kier alpha value is -1.37. The Bertz CT molecular complexity index is 448. The van der Waals surface area contributed by atoms with Gasteiger partial charge in [0.1, 0.15) is 0 Å². The van der Waals surface area contributed by atoms with Crippen LogP contribution in [0, 0.1) is 6.07 Å². The molecule has 2 rings (SSSR count). The zero-order valence-electron chi connectivity index (χ0n) is 9.87. The second kappa shape index (κ2) is 5.64. The molecule has 1 aromatic heterocycles. The maximum atomic E-state index is 4.28. The van der Waals surface area contributed by atoms with E-state index in [0.29, 0.717) is 0 Å². The van der Waals surface area contributed by atoms with Gasteiger partial charge in [-0.3, -0.25) is 4.98 Å². The zero-order valence-corrected chi connectivity index (χ0v) is 9.87. The average molecular weight is 212 g/mol. The standard InChI is InChI=1S/C15H18N/c1-2-3-4-5-7-13-9-10-15-14(12-13)8-6-11-16-15/h8-12H,2-5,7H2,1H3. The summed E-state index contributed by atoms with van der Waals surface area (Å²) in [5.41, 5.74) is 2.49. The molecule has 1 nitrogen and oxygen atoms in total. The Balaban J connectivity index is 2.02. The molecule has 0 aliphatic carbocycles. The summed E-state index contributed by atoms with van der Waals surface area (Å²) in [5, 5.41) is 1.20. The lowest BCUT2D eigenvalue weighted by molar-refractivity contribution is 0.667. The van der Waals surface area contributed by atoms with Crippen LogP contribution in [-0.2, 0) is 6.42 Å². The van der Waals surface area contributed by atoms with Crippen molar-refractivity contribution in [1.82, 2.24) is 4.98 Å². The number of aryl methyl sites for hydroxylation is 1. The molecule has 0 N–H and O–H groups in total. The molecular formula is C15H18N. The minimum absolute atomic E-state index is 1.07. The first kappa shape index (κ1) is 11.1. The van der Waals surface area contributed by atoms with Gasteiger partial charge < -0.3 is 0 Å². The molecule has 0 bridgehead atoms. The fourth-order valence-electron chi connectivity index (χ4n) is 1.98. The molecule has 0 unspecified atom stereocenters. The molecule has 0 atom stereocenters. The largest absolute Gasteiger partial charge is 0.256 e. The second-order valence-electron chi connectivity index (χ2n) is 4.27. The predicted molar refractivity (Wildman–Crippen MR) is 68.4 cm³/mol. The van der Waals surface area contributed by atoms with Crippen LogP contribution in [0.5, 0.6) is 0 Å². The van der Waals surface area contributed by atoms with E-state index in [1.165, 1.54) is 43.1 Å². The van der Waals surface area contributed by atoms with E-state index in [1.807, 2.05) is 6.07 Å². The Labute approximate surface area is 97.5 Å². The van der Waals surface area contributed by atoms with Crippen LogP contribution in [0.25, 0.3) is 10.9 Å². The van der Waals surface area contributed by atoms with Crippen molar-refractivity contribution in [1.29, 1.82) is 0 Å². The highest BCUT2D eigenvalue weighted by Gasteiger charge is 1.97. The van der Waals surface area contributed by atoms with E-state index >= 15 is 0 Å². The summed E-state index contributed by atoms with van der Waals surface area (Å²) in [6, 6.07) is 11.6.